The predicted octanol–water partition coefficient (Wildman–Crippen LogP) is 8.37. The molecule has 1 aliphatic carbocycles. The zero-order valence-electron chi connectivity index (χ0n) is 22.3. The largest absolute Gasteiger partial charge is 0.507 e. The number of aromatic hydroxyl groups is 2. The van der Waals surface area contributed by atoms with Gasteiger partial charge in [-0.05, 0) is 81.3 Å². The number of fused-ring (bicyclic) bond motifs is 3. The van der Waals surface area contributed by atoms with Crippen molar-refractivity contribution in [1.82, 2.24) is 0 Å². The maximum atomic E-state index is 11.2. The summed E-state index contributed by atoms with van der Waals surface area (Å²) in [4.78, 5) is 0. The summed E-state index contributed by atoms with van der Waals surface area (Å²) in [6.45, 7) is 15.8. The van der Waals surface area contributed by atoms with Gasteiger partial charge in [-0.15, -0.1) is 26.3 Å². The van der Waals surface area contributed by atoms with Crippen LogP contribution in [0.4, 0.5) is 0 Å². The average Bonchev–Trinajstić information content (AvgIpc) is 3.25. The van der Waals surface area contributed by atoms with Crippen molar-refractivity contribution in [3.05, 3.63) is 168 Å². The first-order chi connectivity index (χ1) is 19.0. The Morgan fingerprint density at radius 3 is 1.13 bits per heavy atom. The minimum Gasteiger partial charge on any atom is -0.507 e. The van der Waals surface area contributed by atoms with Gasteiger partial charge in [0.25, 0.3) is 0 Å². The van der Waals surface area contributed by atoms with Gasteiger partial charge in [0.05, 0.1) is 5.41 Å². The van der Waals surface area contributed by atoms with Gasteiger partial charge in [-0.1, -0.05) is 97.1 Å². The average molecular weight is 511 g/mol. The van der Waals surface area contributed by atoms with Gasteiger partial charge in [-0.25, -0.2) is 0 Å². The van der Waals surface area contributed by atoms with Crippen molar-refractivity contribution >= 4 is 0 Å². The summed E-state index contributed by atoms with van der Waals surface area (Å²) >= 11 is 0. The molecule has 2 nitrogen and oxygen atoms in total. The SMILES string of the molecule is C=CCc1cc(C2(c3cc(CC=C)c(O)c(CC=C)c3)c3ccccc3-c3ccccc32)cc(CC=C)c1O. The number of phenols is 2. The second-order valence-electron chi connectivity index (χ2n) is 10.1. The topological polar surface area (TPSA) is 40.5 Å². The smallest absolute Gasteiger partial charge is 0.122 e. The van der Waals surface area contributed by atoms with Crippen LogP contribution in [-0.4, -0.2) is 10.2 Å². The maximum Gasteiger partial charge on any atom is 0.122 e. The van der Waals surface area contributed by atoms with E-state index in [1.807, 2.05) is 24.3 Å². The second kappa shape index (κ2) is 10.7. The summed E-state index contributed by atoms with van der Waals surface area (Å²) in [6, 6.07) is 25.6. The Morgan fingerprint density at radius 1 is 0.513 bits per heavy atom. The fourth-order valence-corrected chi connectivity index (χ4v) is 6.22. The molecule has 0 aliphatic heterocycles. The van der Waals surface area contributed by atoms with Crippen LogP contribution in [0.2, 0.25) is 0 Å². The van der Waals surface area contributed by atoms with Gasteiger partial charge < -0.3 is 10.2 Å². The molecule has 4 aromatic rings. The molecule has 0 heterocycles. The van der Waals surface area contributed by atoms with E-state index in [1.165, 1.54) is 22.3 Å². The van der Waals surface area contributed by atoms with Crippen molar-refractivity contribution < 1.29 is 10.2 Å². The molecule has 39 heavy (non-hydrogen) atoms. The molecule has 1 aliphatic rings. The Labute approximate surface area is 231 Å². The summed E-state index contributed by atoms with van der Waals surface area (Å²) < 4.78 is 0. The molecule has 0 bridgehead atoms. The highest BCUT2D eigenvalue weighted by atomic mass is 16.3. The van der Waals surface area contributed by atoms with Crippen molar-refractivity contribution in [2.24, 2.45) is 0 Å². The first-order valence-corrected chi connectivity index (χ1v) is 13.3. The number of phenolic OH excluding ortho intramolecular Hbond substituents is 2. The Hall–Kier alpha value is -4.56. The van der Waals surface area contributed by atoms with Crippen LogP contribution in [0.3, 0.4) is 0 Å². The quantitative estimate of drug-likeness (QED) is 0.185. The van der Waals surface area contributed by atoms with Crippen LogP contribution >= 0.6 is 0 Å². The maximum absolute atomic E-state index is 11.2. The molecule has 2 heteroatoms. The zero-order valence-corrected chi connectivity index (χ0v) is 22.3. The molecule has 4 aromatic carbocycles. The number of benzene rings is 4. The molecule has 0 amide bonds. The number of rotatable bonds is 10. The summed E-state index contributed by atoms with van der Waals surface area (Å²) in [5.74, 6) is 0.581. The molecule has 0 atom stereocenters. The van der Waals surface area contributed by atoms with E-state index in [0.29, 0.717) is 37.2 Å². The Kier molecular flexibility index (Phi) is 7.13. The van der Waals surface area contributed by atoms with E-state index in [9.17, 15) is 10.2 Å². The molecule has 0 radical (unpaired) electrons. The van der Waals surface area contributed by atoms with Crippen molar-refractivity contribution in [3.8, 4) is 22.6 Å². The lowest BCUT2D eigenvalue weighted by Gasteiger charge is -2.35. The van der Waals surface area contributed by atoms with E-state index in [0.717, 1.165) is 33.4 Å². The highest BCUT2D eigenvalue weighted by Gasteiger charge is 2.46. The van der Waals surface area contributed by atoms with Crippen LogP contribution in [-0.2, 0) is 31.1 Å². The van der Waals surface area contributed by atoms with E-state index in [2.05, 4.69) is 99.1 Å². The molecule has 0 aromatic heterocycles. The van der Waals surface area contributed by atoms with Crippen molar-refractivity contribution in [1.29, 1.82) is 0 Å². The lowest BCUT2D eigenvalue weighted by molar-refractivity contribution is 0.463. The minimum absolute atomic E-state index is 0.290. The first-order valence-electron chi connectivity index (χ1n) is 13.3. The molecular formula is C37H34O2. The Balaban J connectivity index is 1.98. The fourth-order valence-electron chi connectivity index (χ4n) is 6.22. The third-order valence-corrected chi connectivity index (χ3v) is 7.81. The molecule has 0 saturated carbocycles. The first kappa shape index (κ1) is 26.1. The van der Waals surface area contributed by atoms with Gasteiger partial charge in [0.1, 0.15) is 11.5 Å². The van der Waals surface area contributed by atoms with Gasteiger partial charge in [0, 0.05) is 0 Å². The van der Waals surface area contributed by atoms with Crippen molar-refractivity contribution in [2.45, 2.75) is 31.1 Å². The van der Waals surface area contributed by atoms with E-state index < -0.39 is 5.41 Å². The monoisotopic (exact) mass is 510 g/mol. The predicted molar refractivity (Wildman–Crippen MR) is 163 cm³/mol. The van der Waals surface area contributed by atoms with Gasteiger partial charge in [-0.2, -0.15) is 0 Å². The zero-order chi connectivity index (χ0) is 27.6. The minimum atomic E-state index is -0.674. The van der Waals surface area contributed by atoms with Gasteiger partial charge in [0.2, 0.25) is 0 Å². The van der Waals surface area contributed by atoms with Crippen LogP contribution in [0.1, 0.15) is 44.5 Å². The van der Waals surface area contributed by atoms with Crippen molar-refractivity contribution in [3.63, 3.8) is 0 Å². The van der Waals surface area contributed by atoms with Gasteiger partial charge in [0.15, 0.2) is 0 Å². The van der Waals surface area contributed by atoms with Gasteiger partial charge >= 0.3 is 0 Å². The summed E-state index contributed by atoms with van der Waals surface area (Å²) in [5, 5.41) is 22.4. The third-order valence-electron chi connectivity index (χ3n) is 7.81. The molecule has 0 spiro atoms. The molecule has 5 rings (SSSR count). The van der Waals surface area contributed by atoms with E-state index in [1.54, 1.807) is 0 Å². The van der Waals surface area contributed by atoms with Crippen LogP contribution in [0.15, 0.2) is 123 Å². The molecule has 2 N–H and O–H groups in total. The third kappa shape index (κ3) is 4.13. The Bertz CT molecular complexity index is 1420. The van der Waals surface area contributed by atoms with E-state index in [4.69, 9.17) is 0 Å². The summed E-state index contributed by atoms with van der Waals surface area (Å²) in [5.41, 5.74) is 9.48. The summed E-state index contributed by atoms with van der Waals surface area (Å²) in [6.07, 6.45) is 9.47. The van der Waals surface area contributed by atoms with Crippen LogP contribution in [0.25, 0.3) is 11.1 Å². The van der Waals surface area contributed by atoms with Gasteiger partial charge in [-0.3, -0.25) is 0 Å². The molecule has 0 unspecified atom stereocenters. The number of hydrogen-bond donors (Lipinski definition) is 2. The molecule has 194 valence electrons. The lowest BCUT2D eigenvalue weighted by Crippen LogP contribution is -2.29. The second-order valence-corrected chi connectivity index (χ2v) is 10.1. The van der Waals surface area contributed by atoms with Crippen molar-refractivity contribution in [2.75, 3.05) is 0 Å². The molecular weight excluding hydrogens is 476 g/mol. The fraction of sp³-hybridized carbons (Fsp3) is 0.135. The lowest BCUT2D eigenvalue weighted by atomic mass is 9.66. The summed E-state index contributed by atoms with van der Waals surface area (Å²) in [7, 11) is 0. The van der Waals surface area contributed by atoms with E-state index >= 15 is 0 Å². The van der Waals surface area contributed by atoms with Crippen LogP contribution in [0, 0.1) is 0 Å². The molecule has 0 fully saturated rings. The van der Waals surface area contributed by atoms with E-state index in [-0.39, 0.29) is 0 Å². The van der Waals surface area contributed by atoms with Crippen LogP contribution < -0.4 is 0 Å². The standard InChI is InChI=1S/C37H34O2/c1-5-13-25-21-29(22-26(14-6-2)35(25)38)37(30-23-27(15-7-3)36(39)28(24-30)16-8-4)33-19-11-9-17-31(33)32-18-10-12-20-34(32)37/h5-12,17-24,38-39H,1-4,13-16H2. The van der Waals surface area contributed by atoms with Crippen LogP contribution in [0.5, 0.6) is 11.5 Å². The number of hydrogen-bond acceptors (Lipinski definition) is 2. The Morgan fingerprint density at radius 2 is 0.821 bits per heavy atom. The molecule has 0 saturated heterocycles. The highest BCUT2D eigenvalue weighted by Crippen LogP contribution is 2.57. The highest BCUT2D eigenvalue weighted by molar-refractivity contribution is 5.86. The number of allylic oxidation sites excluding steroid dienone is 4. The normalized spacial score (nSPS) is 12.8.